The highest BCUT2D eigenvalue weighted by Crippen LogP contribution is 2.24. The van der Waals surface area contributed by atoms with E-state index in [1.165, 1.54) is 11.6 Å². The first-order chi connectivity index (χ1) is 16.5. The molecular weight excluding hydrogens is 489 g/mol. The lowest BCUT2D eigenvalue weighted by Gasteiger charge is -2.38. The van der Waals surface area contributed by atoms with Crippen molar-refractivity contribution in [1.82, 2.24) is 19.6 Å². The summed E-state index contributed by atoms with van der Waals surface area (Å²) in [5.74, 6) is 0.186. The summed E-state index contributed by atoms with van der Waals surface area (Å²) in [6.07, 6.45) is 1.06. The van der Waals surface area contributed by atoms with Crippen molar-refractivity contribution in [1.29, 1.82) is 0 Å². The summed E-state index contributed by atoms with van der Waals surface area (Å²) in [4.78, 5) is 32.4. The van der Waals surface area contributed by atoms with Crippen molar-refractivity contribution in [3.8, 4) is 0 Å². The Labute approximate surface area is 218 Å². The number of hydrogen-bond acceptors (Lipinski definition) is 6. The van der Waals surface area contributed by atoms with E-state index in [1.54, 1.807) is 12.1 Å². The standard InChI is InChI=1S/C25H32ClN5O3.ClH/c26-24-7-6-23(31(33)34)18-22(24)19-28-14-16-30(17-15-28)25(32)20-29-12-10-27(11-13-29)9-8-21-4-2-1-3-5-21;/h1-7,18H,8-17,19-20H2;1H. The maximum absolute atomic E-state index is 12.9. The molecule has 2 aliphatic heterocycles. The van der Waals surface area contributed by atoms with Crippen LogP contribution in [0.25, 0.3) is 0 Å². The normalized spacial score (nSPS) is 17.7. The number of nitro benzene ring substituents is 1. The second kappa shape index (κ2) is 13.2. The maximum atomic E-state index is 12.9. The van der Waals surface area contributed by atoms with Crippen LogP contribution >= 0.6 is 24.0 Å². The molecule has 0 spiro atoms. The lowest BCUT2D eigenvalue weighted by molar-refractivity contribution is -0.384. The molecule has 2 heterocycles. The molecule has 0 aromatic heterocycles. The van der Waals surface area contributed by atoms with E-state index < -0.39 is 4.92 Å². The van der Waals surface area contributed by atoms with Crippen molar-refractivity contribution >= 4 is 35.6 Å². The molecule has 0 radical (unpaired) electrons. The summed E-state index contributed by atoms with van der Waals surface area (Å²) in [7, 11) is 0. The van der Waals surface area contributed by atoms with Gasteiger partial charge in [-0.15, -0.1) is 12.4 Å². The van der Waals surface area contributed by atoms with Gasteiger partial charge in [0.1, 0.15) is 0 Å². The molecule has 2 fully saturated rings. The van der Waals surface area contributed by atoms with Crippen LogP contribution in [-0.2, 0) is 17.8 Å². The minimum atomic E-state index is -0.403. The molecule has 2 saturated heterocycles. The summed E-state index contributed by atoms with van der Waals surface area (Å²) in [5.41, 5.74) is 2.17. The van der Waals surface area contributed by atoms with Crippen LogP contribution in [0.2, 0.25) is 5.02 Å². The number of carbonyl (C=O) groups excluding carboxylic acids is 1. The lowest BCUT2D eigenvalue weighted by atomic mass is 10.1. The molecular formula is C25H33Cl2N5O3. The predicted octanol–water partition coefficient (Wildman–Crippen LogP) is 3.17. The predicted molar refractivity (Wildman–Crippen MR) is 140 cm³/mol. The van der Waals surface area contributed by atoms with Gasteiger partial charge in [-0.05, 0) is 23.6 Å². The maximum Gasteiger partial charge on any atom is 0.269 e. The van der Waals surface area contributed by atoms with Gasteiger partial charge in [-0.3, -0.25) is 24.7 Å². The van der Waals surface area contributed by atoms with Gasteiger partial charge in [0.15, 0.2) is 0 Å². The molecule has 8 nitrogen and oxygen atoms in total. The van der Waals surface area contributed by atoms with Gasteiger partial charge in [-0.2, -0.15) is 0 Å². The summed E-state index contributed by atoms with van der Waals surface area (Å²) < 4.78 is 0. The Morgan fingerprint density at radius 1 is 0.886 bits per heavy atom. The summed E-state index contributed by atoms with van der Waals surface area (Å²) >= 11 is 6.25. The van der Waals surface area contributed by atoms with E-state index in [9.17, 15) is 14.9 Å². The molecule has 4 rings (SSSR count). The number of amides is 1. The summed E-state index contributed by atoms with van der Waals surface area (Å²) in [5, 5.41) is 11.6. The quantitative estimate of drug-likeness (QED) is 0.392. The number of benzene rings is 2. The SMILES string of the molecule is Cl.O=C(CN1CCN(CCc2ccccc2)CC1)N1CCN(Cc2cc([N+](=O)[O-])ccc2Cl)CC1. The molecule has 10 heteroatoms. The minimum absolute atomic E-state index is 0. The Hall–Kier alpha value is -2.23. The fourth-order valence-corrected chi connectivity index (χ4v) is 4.76. The first kappa shape index (κ1) is 27.4. The molecule has 1 amide bonds. The zero-order chi connectivity index (χ0) is 23.9. The van der Waals surface area contributed by atoms with Crippen LogP contribution in [0.15, 0.2) is 48.5 Å². The van der Waals surface area contributed by atoms with Crippen LogP contribution in [0.4, 0.5) is 5.69 Å². The second-order valence-corrected chi connectivity index (χ2v) is 9.45. The van der Waals surface area contributed by atoms with Gasteiger partial charge in [-0.1, -0.05) is 41.9 Å². The number of nitro groups is 1. The molecule has 0 atom stereocenters. The number of halogens is 2. The zero-order valence-electron chi connectivity index (χ0n) is 19.9. The van der Waals surface area contributed by atoms with Crippen molar-refractivity contribution < 1.29 is 9.72 Å². The molecule has 2 aromatic rings. The third kappa shape index (κ3) is 7.88. The van der Waals surface area contributed by atoms with Crippen LogP contribution in [-0.4, -0.2) is 95.9 Å². The summed E-state index contributed by atoms with van der Waals surface area (Å²) in [6, 6.07) is 15.1. The van der Waals surface area contributed by atoms with E-state index in [2.05, 4.69) is 39.0 Å². The average Bonchev–Trinajstić information content (AvgIpc) is 2.86. The fourth-order valence-electron chi connectivity index (χ4n) is 4.59. The van der Waals surface area contributed by atoms with E-state index in [-0.39, 0.29) is 24.0 Å². The molecule has 0 N–H and O–H groups in total. The molecule has 0 aliphatic carbocycles. The zero-order valence-corrected chi connectivity index (χ0v) is 21.4. The molecule has 2 aliphatic rings. The van der Waals surface area contributed by atoms with Crippen LogP contribution < -0.4 is 0 Å². The van der Waals surface area contributed by atoms with Gasteiger partial charge >= 0.3 is 0 Å². The lowest BCUT2D eigenvalue weighted by Crippen LogP contribution is -2.53. The molecule has 35 heavy (non-hydrogen) atoms. The molecule has 0 unspecified atom stereocenters. The second-order valence-electron chi connectivity index (χ2n) is 9.04. The highest BCUT2D eigenvalue weighted by atomic mass is 35.5. The third-order valence-electron chi connectivity index (χ3n) is 6.74. The van der Waals surface area contributed by atoms with Crippen LogP contribution in [0, 0.1) is 10.1 Å². The van der Waals surface area contributed by atoms with Crippen molar-refractivity contribution in [2.45, 2.75) is 13.0 Å². The number of non-ortho nitro benzene ring substituents is 1. The van der Waals surface area contributed by atoms with Crippen LogP contribution in [0.5, 0.6) is 0 Å². The Morgan fingerprint density at radius 3 is 2.17 bits per heavy atom. The van der Waals surface area contributed by atoms with Crippen molar-refractivity contribution in [3.63, 3.8) is 0 Å². The number of rotatable bonds is 8. The molecule has 190 valence electrons. The summed E-state index contributed by atoms with van der Waals surface area (Å²) in [6.45, 7) is 8.73. The largest absolute Gasteiger partial charge is 0.339 e. The molecule has 0 saturated carbocycles. The van der Waals surface area contributed by atoms with Crippen molar-refractivity contribution in [2.75, 3.05) is 65.4 Å². The minimum Gasteiger partial charge on any atom is -0.339 e. The van der Waals surface area contributed by atoms with Crippen molar-refractivity contribution in [2.24, 2.45) is 0 Å². The van der Waals surface area contributed by atoms with E-state index >= 15 is 0 Å². The highest BCUT2D eigenvalue weighted by Gasteiger charge is 2.25. The molecule has 2 aromatic carbocycles. The fraction of sp³-hybridized carbons (Fsp3) is 0.480. The average molecular weight is 522 g/mol. The van der Waals surface area contributed by atoms with E-state index in [4.69, 9.17) is 11.6 Å². The Morgan fingerprint density at radius 2 is 1.51 bits per heavy atom. The van der Waals surface area contributed by atoms with E-state index in [1.807, 2.05) is 11.0 Å². The van der Waals surface area contributed by atoms with Crippen molar-refractivity contribution in [3.05, 3.63) is 74.8 Å². The molecule has 0 bridgehead atoms. The number of carbonyl (C=O) groups is 1. The first-order valence-corrected chi connectivity index (χ1v) is 12.3. The van der Waals surface area contributed by atoms with Gasteiger partial charge in [0.05, 0.1) is 11.5 Å². The first-order valence-electron chi connectivity index (χ1n) is 11.9. The van der Waals surface area contributed by atoms with Gasteiger partial charge < -0.3 is 9.80 Å². The van der Waals surface area contributed by atoms with Crippen LogP contribution in [0.1, 0.15) is 11.1 Å². The van der Waals surface area contributed by atoms with Gasteiger partial charge in [0, 0.05) is 82.6 Å². The van der Waals surface area contributed by atoms with Gasteiger partial charge in [0.2, 0.25) is 5.91 Å². The Kier molecular flexibility index (Phi) is 10.3. The monoisotopic (exact) mass is 521 g/mol. The number of hydrogen-bond donors (Lipinski definition) is 0. The number of nitrogens with zero attached hydrogens (tertiary/aromatic N) is 5. The smallest absolute Gasteiger partial charge is 0.269 e. The Bertz CT molecular complexity index is 978. The third-order valence-corrected chi connectivity index (χ3v) is 7.11. The Balaban J connectivity index is 0.00000342. The topological polar surface area (TPSA) is 73.2 Å². The van der Waals surface area contributed by atoms with Gasteiger partial charge in [-0.25, -0.2) is 0 Å². The highest BCUT2D eigenvalue weighted by molar-refractivity contribution is 6.31. The number of piperazine rings is 2. The van der Waals surface area contributed by atoms with E-state index in [0.29, 0.717) is 31.2 Å². The van der Waals surface area contributed by atoms with E-state index in [0.717, 1.165) is 57.8 Å². The van der Waals surface area contributed by atoms with Gasteiger partial charge in [0.25, 0.3) is 5.69 Å². The van der Waals surface area contributed by atoms with Crippen LogP contribution in [0.3, 0.4) is 0 Å².